The second-order valence-corrected chi connectivity index (χ2v) is 23.1. The smallest absolute Gasteiger partial charge is 0.410 e. The van der Waals surface area contributed by atoms with Gasteiger partial charge in [-0.3, -0.25) is 0 Å². The fourth-order valence-corrected chi connectivity index (χ4v) is 9.19. The Labute approximate surface area is 393 Å². The van der Waals surface area contributed by atoms with Gasteiger partial charge in [0, 0.05) is 99.6 Å². The van der Waals surface area contributed by atoms with Crippen LogP contribution < -0.4 is 0 Å². The maximum atomic E-state index is 13.6. The van der Waals surface area contributed by atoms with E-state index in [0.29, 0.717) is 74.6 Å². The molecule has 0 unspecified atom stereocenters. The monoisotopic (exact) mass is 960 g/mol. The van der Waals surface area contributed by atoms with E-state index in [-0.39, 0.29) is 26.2 Å². The van der Waals surface area contributed by atoms with Crippen LogP contribution >= 0.6 is 45.3 Å². The van der Waals surface area contributed by atoms with Crippen molar-refractivity contribution in [2.45, 2.75) is 131 Å². The number of rotatable bonds is 0. The molecule has 0 saturated heterocycles. The molecule has 0 fully saturated rings. The molecule has 5 heterocycles. The summed E-state index contributed by atoms with van der Waals surface area (Å²) < 4.78 is 23.2. The minimum Gasteiger partial charge on any atom is -0.444 e. The zero-order valence-corrected chi connectivity index (χ0v) is 42.5. The number of aromatic nitrogens is 4. The zero-order chi connectivity index (χ0) is 47.0. The molecule has 4 aromatic heterocycles. The summed E-state index contributed by atoms with van der Waals surface area (Å²) in [6.07, 6.45) is -0.107. The van der Waals surface area contributed by atoms with E-state index in [0.717, 1.165) is 20.0 Å². The molecule has 16 nitrogen and oxygen atoms in total. The van der Waals surface area contributed by atoms with Crippen LogP contribution in [0.4, 0.5) is 19.2 Å². The van der Waals surface area contributed by atoms with E-state index in [2.05, 4.69) is 0 Å². The van der Waals surface area contributed by atoms with E-state index < -0.39 is 46.8 Å². The number of thiazole rings is 4. The third-order valence-corrected chi connectivity index (χ3v) is 12.6. The number of carbonyl (C=O) groups is 4. The van der Waals surface area contributed by atoms with Crippen LogP contribution in [0, 0.1) is 0 Å². The van der Waals surface area contributed by atoms with Crippen molar-refractivity contribution in [1.82, 2.24) is 39.5 Å². The Hall–Kier alpha value is -4.40. The van der Waals surface area contributed by atoms with Crippen molar-refractivity contribution in [3.63, 3.8) is 0 Å². The lowest BCUT2D eigenvalue weighted by Gasteiger charge is -2.31. The van der Waals surface area contributed by atoms with E-state index in [1.54, 1.807) is 19.6 Å². The topological polar surface area (TPSA) is 170 Å². The summed E-state index contributed by atoms with van der Waals surface area (Å²) in [5.74, 6) is 0. The largest absolute Gasteiger partial charge is 0.444 e. The van der Waals surface area contributed by atoms with Gasteiger partial charge >= 0.3 is 24.4 Å². The molecule has 0 saturated carbocycles. The Morgan fingerprint density at radius 3 is 0.734 bits per heavy atom. The number of hydrogen-bond acceptors (Lipinski definition) is 16. The SMILES string of the molecule is CC(C)(C)OC(=O)N1CCc2nc(cs2)-c2csc(n2)CCN(C(=O)OC(C)(C)C)CCN(C(=O)OC(C)(C)C)CCc2nc(cs2)-c2csc(n2)CCN(C(=O)OC(C)(C)C)CC1. The average molecular weight is 961 g/mol. The average Bonchev–Trinajstić information content (AvgIpc) is 3.98. The quantitative estimate of drug-likeness (QED) is 0.153. The van der Waals surface area contributed by atoms with Gasteiger partial charge in [0.2, 0.25) is 0 Å². The fraction of sp³-hybridized carbons (Fsp3) is 0.636. The van der Waals surface area contributed by atoms with Crippen molar-refractivity contribution >= 4 is 69.7 Å². The molecule has 0 N–H and O–H groups in total. The molecule has 8 bridgehead atoms. The fourth-order valence-electron chi connectivity index (χ4n) is 6.06. The lowest BCUT2D eigenvalue weighted by atomic mass is 10.2. The molecule has 4 amide bonds. The lowest BCUT2D eigenvalue weighted by molar-refractivity contribution is 0.0137. The predicted octanol–water partition coefficient (Wildman–Crippen LogP) is 9.68. The second-order valence-electron chi connectivity index (χ2n) is 19.4. The summed E-state index contributed by atoms with van der Waals surface area (Å²) in [4.78, 5) is 80.3. The first kappa shape index (κ1) is 50.6. The molecule has 4 aromatic rings. The number of nitrogens with zero attached hydrogens (tertiary/aromatic N) is 8. The summed E-state index contributed by atoms with van der Waals surface area (Å²) >= 11 is 5.92. The highest BCUT2D eigenvalue weighted by atomic mass is 32.1. The molecule has 352 valence electrons. The predicted molar refractivity (Wildman–Crippen MR) is 252 cm³/mol. The molecule has 64 heavy (non-hydrogen) atoms. The minimum absolute atomic E-state index is 0.207. The number of ether oxygens (including phenoxy) is 4. The van der Waals surface area contributed by atoms with Gasteiger partial charge in [-0.25, -0.2) is 39.1 Å². The van der Waals surface area contributed by atoms with Gasteiger partial charge < -0.3 is 38.5 Å². The first-order chi connectivity index (χ1) is 29.8. The van der Waals surface area contributed by atoms with E-state index in [9.17, 15) is 19.2 Å². The van der Waals surface area contributed by atoms with E-state index in [1.807, 2.05) is 105 Å². The van der Waals surface area contributed by atoms with Gasteiger partial charge in [-0.15, -0.1) is 45.3 Å². The summed E-state index contributed by atoms with van der Waals surface area (Å²) in [6, 6.07) is 0. The van der Waals surface area contributed by atoms with Crippen molar-refractivity contribution < 1.29 is 38.1 Å². The number of hydrogen-bond donors (Lipinski definition) is 0. The van der Waals surface area contributed by atoms with Gasteiger partial charge in [0.15, 0.2) is 0 Å². The molecule has 0 aromatic carbocycles. The Kier molecular flexibility index (Phi) is 16.8. The third kappa shape index (κ3) is 16.5. The van der Waals surface area contributed by atoms with Gasteiger partial charge in [0.25, 0.3) is 0 Å². The summed E-state index contributed by atoms with van der Waals surface area (Å²) in [5, 5.41) is 11.0. The van der Waals surface area contributed by atoms with Gasteiger partial charge in [-0.1, -0.05) is 0 Å². The number of fused-ring (bicyclic) bond motifs is 10. The van der Waals surface area contributed by atoms with Gasteiger partial charge in [-0.2, -0.15) is 0 Å². The minimum atomic E-state index is -0.723. The second kappa shape index (κ2) is 21.3. The van der Waals surface area contributed by atoms with E-state index in [1.165, 1.54) is 45.3 Å². The Bertz CT molecular complexity index is 1880. The molecular weight excluding hydrogens is 897 g/mol. The molecule has 0 aliphatic carbocycles. The summed E-state index contributed by atoms with van der Waals surface area (Å²) in [5.41, 5.74) is -0.0407. The number of amides is 4. The normalized spacial score (nSPS) is 15.8. The van der Waals surface area contributed by atoms with Crippen LogP contribution in [0.2, 0.25) is 0 Å². The maximum Gasteiger partial charge on any atom is 0.410 e. The summed E-state index contributed by atoms with van der Waals surface area (Å²) in [7, 11) is 0. The first-order valence-corrected chi connectivity index (χ1v) is 25.0. The van der Waals surface area contributed by atoms with E-state index >= 15 is 0 Å². The van der Waals surface area contributed by atoms with Gasteiger partial charge in [-0.05, 0) is 83.1 Å². The standard InChI is InChI=1S/C44H64N8O8S4/c1-41(2,3)57-37(53)49-17-13-33-45-29(25-61-33)30-26-63-35(46-30)15-19-51(39(55)59-43(7,8)9)23-24-52(40(56)60-44(10,11)12)20-16-36-48-32(28-64-36)31-27-62-34(47-31)14-18-50(22-21-49)38(54)58-42(4,5)6/h25-28H,13-24H2,1-12H3. The van der Waals surface area contributed by atoms with Gasteiger partial charge in [0.05, 0.1) is 20.0 Å². The highest BCUT2D eigenvalue weighted by Crippen LogP contribution is 2.27. The molecule has 20 heteroatoms. The van der Waals surface area contributed by atoms with Gasteiger partial charge in [0.1, 0.15) is 45.2 Å². The molecule has 1 aliphatic rings. The van der Waals surface area contributed by atoms with Crippen LogP contribution in [-0.2, 0) is 44.6 Å². The van der Waals surface area contributed by atoms with E-state index in [4.69, 9.17) is 38.9 Å². The van der Waals surface area contributed by atoms with Crippen molar-refractivity contribution in [3.8, 4) is 22.8 Å². The highest BCUT2D eigenvalue weighted by Gasteiger charge is 2.29. The van der Waals surface area contributed by atoms with Crippen LogP contribution in [0.1, 0.15) is 103 Å². The van der Waals surface area contributed by atoms with Crippen LogP contribution in [0.5, 0.6) is 0 Å². The molecule has 1 aliphatic heterocycles. The van der Waals surface area contributed by atoms with Crippen molar-refractivity contribution in [2.24, 2.45) is 0 Å². The molecule has 0 radical (unpaired) electrons. The Morgan fingerprint density at radius 2 is 0.562 bits per heavy atom. The van der Waals surface area contributed by atoms with Crippen LogP contribution in [-0.4, -0.2) is 139 Å². The van der Waals surface area contributed by atoms with Crippen molar-refractivity contribution in [3.05, 3.63) is 41.6 Å². The van der Waals surface area contributed by atoms with Crippen LogP contribution in [0.15, 0.2) is 21.5 Å². The first-order valence-electron chi connectivity index (χ1n) is 21.5. The third-order valence-electron chi connectivity index (χ3n) is 9.00. The van der Waals surface area contributed by atoms with Crippen molar-refractivity contribution in [2.75, 3.05) is 52.4 Å². The molecule has 0 spiro atoms. The maximum absolute atomic E-state index is 13.6. The molecule has 5 rings (SSSR count). The lowest BCUT2D eigenvalue weighted by Crippen LogP contribution is -2.45. The van der Waals surface area contributed by atoms with Crippen LogP contribution in [0.3, 0.4) is 0 Å². The zero-order valence-electron chi connectivity index (χ0n) is 39.3. The Balaban J connectivity index is 1.45. The van der Waals surface area contributed by atoms with Crippen LogP contribution in [0.25, 0.3) is 22.8 Å². The van der Waals surface area contributed by atoms with Crippen molar-refractivity contribution in [1.29, 1.82) is 0 Å². The highest BCUT2D eigenvalue weighted by molar-refractivity contribution is 7.11. The molecular formula is C44H64N8O8S4. The summed E-state index contributed by atoms with van der Waals surface area (Å²) in [6.45, 7) is 23.9. The molecule has 0 atom stereocenters. The Morgan fingerprint density at radius 1 is 0.375 bits per heavy atom. The number of carbonyl (C=O) groups excluding carboxylic acids is 4.